The molecule has 2 rings (SSSR count). The molecule has 1 aromatic rings. The summed E-state index contributed by atoms with van der Waals surface area (Å²) in [6, 6.07) is 2.09. The number of aromatic nitrogens is 2. The van der Waals surface area contributed by atoms with Gasteiger partial charge in [0.15, 0.2) is 0 Å². The lowest BCUT2D eigenvalue weighted by Gasteiger charge is -2.32. The quantitative estimate of drug-likeness (QED) is 0.739. The Labute approximate surface area is 97.3 Å². The van der Waals surface area contributed by atoms with Crippen LogP contribution in [0.5, 0.6) is 0 Å². The Balaban J connectivity index is 1.98. The number of rotatable bonds is 2. The van der Waals surface area contributed by atoms with Gasteiger partial charge in [-0.3, -0.25) is 4.90 Å². The minimum atomic E-state index is 0.879. The second kappa shape index (κ2) is 4.89. The van der Waals surface area contributed by atoms with Crippen LogP contribution >= 0.6 is 0 Å². The molecular weight excluding hydrogens is 200 g/mol. The summed E-state index contributed by atoms with van der Waals surface area (Å²) >= 11 is 0. The van der Waals surface area contributed by atoms with E-state index in [2.05, 4.69) is 32.9 Å². The first-order chi connectivity index (χ1) is 7.63. The van der Waals surface area contributed by atoms with Gasteiger partial charge in [0, 0.05) is 38.4 Å². The van der Waals surface area contributed by atoms with Crippen LogP contribution in [-0.4, -0.2) is 53.0 Å². The van der Waals surface area contributed by atoms with Crippen molar-refractivity contribution in [1.82, 2.24) is 19.8 Å². The molecule has 0 bridgehead atoms. The number of hydrogen-bond donors (Lipinski definition) is 0. The predicted octanol–water partition coefficient (Wildman–Crippen LogP) is 0.841. The summed E-state index contributed by atoms with van der Waals surface area (Å²) in [4.78, 5) is 13.6. The Bertz CT molecular complexity index is 336. The lowest BCUT2D eigenvalue weighted by Crippen LogP contribution is -2.44. The lowest BCUT2D eigenvalue weighted by atomic mass is 10.2. The van der Waals surface area contributed by atoms with Gasteiger partial charge in [0.1, 0.15) is 5.82 Å². The zero-order chi connectivity index (χ0) is 11.5. The molecule has 16 heavy (non-hydrogen) atoms. The van der Waals surface area contributed by atoms with Crippen LogP contribution in [-0.2, 0) is 6.54 Å². The Hall–Kier alpha value is -1.00. The van der Waals surface area contributed by atoms with Crippen LogP contribution in [0.4, 0.5) is 0 Å². The molecule has 1 aromatic heterocycles. The molecule has 0 spiro atoms. The highest BCUT2D eigenvalue weighted by Crippen LogP contribution is 2.07. The van der Waals surface area contributed by atoms with Gasteiger partial charge in [0.2, 0.25) is 0 Å². The van der Waals surface area contributed by atoms with Crippen molar-refractivity contribution in [3.63, 3.8) is 0 Å². The van der Waals surface area contributed by atoms with Crippen molar-refractivity contribution < 1.29 is 0 Å². The van der Waals surface area contributed by atoms with Gasteiger partial charge in [-0.2, -0.15) is 0 Å². The molecule has 2 heterocycles. The van der Waals surface area contributed by atoms with E-state index in [0.29, 0.717) is 0 Å². The maximum Gasteiger partial charge on any atom is 0.125 e. The van der Waals surface area contributed by atoms with Crippen molar-refractivity contribution >= 4 is 0 Å². The zero-order valence-corrected chi connectivity index (χ0v) is 10.4. The standard InChI is InChI=1S/C12H20N4/c1-10-8-12(14-11(2)13-10)9-16-6-4-15(3)5-7-16/h8H,4-7,9H2,1-3H3. The summed E-state index contributed by atoms with van der Waals surface area (Å²) in [6.45, 7) is 9.53. The molecule has 0 atom stereocenters. The van der Waals surface area contributed by atoms with Gasteiger partial charge in [-0.1, -0.05) is 0 Å². The van der Waals surface area contributed by atoms with Crippen molar-refractivity contribution in [3.8, 4) is 0 Å². The summed E-state index contributed by atoms with van der Waals surface area (Å²) in [5.41, 5.74) is 2.21. The van der Waals surface area contributed by atoms with Crippen LogP contribution < -0.4 is 0 Å². The van der Waals surface area contributed by atoms with Gasteiger partial charge >= 0.3 is 0 Å². The fraction of sp³-hybridized carbons (Fsp3) is 0.667. The first kappa shape index (κ1) is 11.5. The van der Waals surface area contributed by atoms with Crippen LogP contribution in [0.2, 0.25) is 0 Å². The molecule has 0 unspecified atom stereocenters. The minimum absolute atomic E-state index is 0.879. The second-order valence-electron chi connectivity index (χ2n) is 4.63. The van der Waals surface area contributed by atoms with Crippen molar-refractivity contribution in [2.24, 2.45) is 0 Å². The average Bonchev–Trinajstić information content (AvgIpc) is 2.20. The van der Waals surface area contributed by atoms with Gasteiger partial charge in [-0.05, 0) is 27.0 Å². The molecule has 0 N–H and O–H groups in total. The van der Waals surface area contributed by atoms with Crippen molar-refractivity contribution in [1.29, 1.82) is 0 Å². The van der Waals surface area contributed by atoms with Crippen LogP contribution in [0, 0.1) is 13.8 Å². The maximum atomic E-state index is 4.48. The minimum Gasteiger partial charge on any atom is -0.304 e. The molecule has 88 valence electrons. The Morgan fingerprint density at radius 1 is 1.12 bits per heavy atom. The molecule has 1 fully saturated rings. The van der Waals surface area contributed by atoms with E-state index in [-0.39, 0.29) is 0 Å². The molecule has 1 aliphatic heterocycles. The third-order valence-electron chi connectivity index (χ3n) is 3.00. The van der Waals surface area contributed by atoms with Gasteiger partial charge in [-0.15, -0.1) is 0 Å². The fourth-order valence-electron chi connectivity index (χ4n) is 2.11. The molecular formula is C12H20N4. The smallest absolute Gasteiger partial charge is 0.125 e. The van der Waals surface area contributed by atoms with Gasteiger partial charge in [-0.25, -0.2) is 9.97 Å². The SMILES string of the molecule is Cc1cc(CN2CCN(C)CC2)nc(C)n1. The van der Waals surface area contributed by atoms with E-state index in [1.165, 1.54) is 0 Å². The highest BCUT2D eigenvalue weighted by molar-refractivity contribution is 5.09. The Morgan fingerprint density at radius 3 is 2.44 bits per heavy atom. The molecule has 0 aromatic carbocycles. The Morgan fingerprint density at radius 2 is 1.81 bits per heavy atom. The van der Waals surface area contributed by atoms with Gasteiger partial charge < -0.3 is 4.90 Å². The first-order valence-corrected chi connectivity index (χ1v) is 5.85. The van der Waals surface area contributed by atoms with E-state index < -0.39 is 0 Å². The predicted molar refractivity (Wildman–Crippen MR) is 64.3 cm³/mol. The summed E-state index contributed by atoms with van der Waals surface area (Å²) in [5.74, 6) is 0.879. The van der Waals surface area contributed by atoms with E-state index >= 15 is 0 Å². The molecule has 1 saturated heterocycles. The number of hydrogen-bond acceptors (Lipinski definition) is 4. The molecule has 1 aliphatic rings. The number of aryl methyl sites for hydroxylation is 2. The second-order valence-corrected chi connectivity index (χ2v) is 4.63. The summed E-state index contributed by atoms with van der Waals surface area (Å²) in [6.07, 6.45) is 0. The van der Waals surface area contributed by atoms with Gasteiger partial charge in [0.05, 0.1) is 5.69 Å². The maximum absolute atomic E-state index is 4.48. The Kier molecular flexibility index (Phi) is 3.51. The van der Waals surface area contributed by atoms with E-state index in [1.807, 2.05) is 13.8 Å². The number of piperazine rings is 1. The molecule has 4 heteroatoms. The van der Waals surface area contributed by atoms with Crippen LogP contribution in [0.3, 0.4) is 0 Å². The van der Waals surface area contributed by atoms with Crippen molar-refractivity contribution in [3.05, 3.63) is 23.3 Å². The van der Waals surface area contributed by atoms with Crippen molar-refractivity contribution in [2.75, 3.05) is 33.2 Å². The normalized spacial score (nSPS) is 18.9. The first-order valence-electron chi connectivity index (χ1n) is 5.85. The van der Waals surface area contributed by atoms with E-state index in [9.17, 15) is 0 Å². The summed E-state index contributed by atoms with van der Waals surface area (Å²) in [7, 11) is 2.18. The van der Waals surface area contributed by atoms with Crippen LogP contribution in [0.15, 0.2) is 6.07 Å². The van der Waals surface area contributed by atoms with Crippen molar-refractivity contribution in [2.45, 2.75) is 20.4 Å². The number of likely N-dealkylation sites (N-methyl/N-ethyl adjacent to an activating group) is 1. The van der Waals surface area contributed by atoms with Gasteiger partial charge in [0.25, 0.3) is 0 Å². The van der Waals surface area contributed by atoms with E-state index in [4.69, 9.17) is 0 Å². The lowest BCUT2D eigenvalue weighted by molar-refractivity contribution is 0.147. The highest BCUT2D eigenvalue weighted by atomic mass is 15.2. The molecule has 0 saturated carbocycles. The topological polar surface area (TPSA) is 32.3 Å². The third-order valence-corrected chi connectivity index (χ3v) is 3.00. The summed E-state index contributed by atoms with van der Waals surface area (Å²) in [5, 5.41) is 0. The van der Waals surface area contributed by atoms with E-state index in [1.54, 1.807) is 0 Å². The molecule has 0 radical (unpaired) electrons. The number of nitrogens with zero attached hydrogens (tertiary/aromatic N) is 4. The van der Waals surface area contributed by atoms with Crippen LogP contribution in [0.1, 0.15) is 17.2 Å². The fourth-order valence-corrected chi connectivity index (χ4v) is 2.11. The van der Waals surface area contributed by atoms with E-state index in [0.717, 1.165) is 49.9 Å². The molecule has 0 aliphatic carbocycles. The summed E-state index contributed by atoms with van der Waals surface area (Å²) < 4.78 is 0. The molecule has 4 nitrogen and oxygen atoms in total. The molecule has 0 amide bonds. The zero-order valence-electron chi connectivity index (χ0n) is 10.4. The third kappa shape index (κ3) is 3.00. The largest absolute Gasteiger partial charge is 0.304 e. The monoisotopic (exact) mass is 220 g/mol. The van der Waals surface area contributed by atoms with Crippen LogP contribution in [0.25, 0.3) is 0 Å². The highest BCUT2D eigenvalue weighted by Gasteiger charge is 2.14. The average molecular weight is 220 g/mol.